The van der Waals surface area contributed by atoms with Gasteiger partial charge in [0, 0.05) is 58.4 Å². The average Bonchev–Trinajstić information content (AvgIpc) is 3.11. The number of fused-ring (bicyclic) bond motifs is 4. The van der Waals surface area contributed by atoms with Crippen molar-refractivity contribution in [3.05, 3.63) is 64.3 Å². The topological polar surface area (TPSA) is 71.9 Å². The van der Waals surface area contributed by atoms with E-state index in [9.17, 15) is 10.1 Å². The van der Waals surface area contributed by atoms with Gasteiger partial charge in [0.2, 0.25) is 0 Å². The number of benzene rings is 2. The molecule has 1 aliphatic carbocycles. The van der Waals surface area contributed by atoms with E-state index < -0.39 is 0 Å². The van der Waals surface area contributed by atoms with E-state index in [0.717, 1.165) is 46.4 Å². The summed E-state index contributed by atoms with van der Waals surface area (Å²) in [6.45, 7) is 10.7. The monoisotopic (exact) mass is 398 g/mol. The van der Waals surface area contributed by atoms with Crippen LogP contribution in [-0.4, -0.2) is 35.9 Å². The highest BCUT2D eigenvalue weighted by atomic mass is 16.1. The molecular formula is C25H26N4O. The highest BCUT2D eigenvalue weighted by Gasteiger charge is 2.40. The number of piperazine rings is 1. The van der Waals surface area contributed by atoms with Crippen molar-refractivity contribution in [2.24, 2.45) is 0 Å². The molecule has 1 saturated heterocycles. The van der Waals surface area contributed by atoms with Gasteiger partial charge in [0.1, 0.15) is 0 Å². The van der Waals surface area contributed by atoms with Crippen molar-refractivity contribution >= 4 is 22.4 Å². The van der Waals surface area contributed by atoms with E-state index in [-0.39, 0.29) is 11.2 Å². The number of carbonyl (C=O) groups is 1. The van der Waals surface area contributed by atoms with Crippen molar-refractivity contribution in [3.8, 4) is 6.07 Å². The van der Waals surface area contributed by atoms with Crippen LogP contribution in [0.15, 0.2) is 36.4 Å². The number of nitriles is 1. The Hall–Kier alpha value is -3.10. The molecule has 0 radical (unpaired) electrons. The molecule has 5 nitrogen and oxygen atoms in total. The van der Waals surface area contributed by atoms with Crippen LogP contribution < -0.4 is 10.2 Å². The Morgan fingerprint density at radius 2 is 1.83 bits per heavy atom. The second kappa shape index (κ2) is 6.45. The first-order valence-electron chi connectivity index (χ1n) is 10.6. The SMILES string of the molecule is CC1CN(c2ccc3c(c2)C(C)(C)c2[nH]c4cc(C#N)ccc4c2C3=O)CC(C)N1. The summed E-state index contributed by atoms with van der Waals surface area (Å²) < 4.78 is 0. The molecule has 2 unspecified atom stereocenters. The number of ketones is 1. The minimum absolute atomic E-state index is 0.0591. The molecule has 5 heteroatoms. The van der Waals surface area contributed by atoms with Gasteiger partial charge in [-0.3, -0.25) is 4.79 Å². The Labute approximate surface area is 176 Å². The molecule has 1 fully saturated rings. The van der Waals surface area contributed by atoms with E-state index in [1.165, 1.54) is 5.69 Å². The number of hydrogen-bond acceptors (Lipinski definition) is 4. The van der Waals surface area contributed by atoms with Crippen LogP contribution in [0.5, 0.6) is 0 Å². The van der Waals surface area contributed by atoms with Gasteiger partial charge in [-0.15, -0.1) is 0 Å². The molecule has 1 aliphatic heterocycles. The molecule has 0 spiro atoms. The average molecular weight is 399 g/mol. The molecule has 0 bridgehead atoms. The molecule has 1 aromatic heterocycles. The summed E-state index contributed by atoms with van der Waals surface area (Å²) in [7, 11) is 0. The summed E-state index contributed by atoms with van der Waals surface area (Å²) in [5, 5.41) is 13.7. The van der Waals surface area contributed by atoms with E-state index in [1.807, 2.05) is 18.2 Å². The van der Waals surface area contributed by atoms with E-state index in [2.05, 4.69) is 61.1 Å². The summed E-state index contributed by atoms with van der Waals surface area (Å²) in [4.78, 5) is 19.4. The standard InChI is InChI=1S/C25H26N4O/c1-14-12-29(13-15(2)27-14)17-6-8-18-20(10-17)25(3,4)24-22(23(18)30)19-7-5-16(11-26)9-21(19)28-24/h5-10,14-15,27-28H,12-13H2,1-4H3. The number of nitrogens with one attached hydrogen (secondary N) is 2. The summed E-state index contributed by atoms with van der Waals surface area (Å²) in [5.74, 6) is 0.0591. The summed E-state index contributed by atoms with van der Waals surface area (Å²) in [6.07, 6.45) is 0. The van der Waals surface area contributed by atoms with Crippen LogP contribution in [0.4, 0.5) is 5.69 Å². The first kappa shape index (κ1) is 18.9. The number of nitrogens with zero attached hydrogens (tertiary/aromatic N) is 2. The van der Waals surface area contributed by atoms with Gasteiger partial charge < -0.3 is 15.2 Å². The van der Waals surface area contributed by atoms with Crippen LogP contribution in [0.2, 0.25) is 0 Å². The van der Waals surface area contributed by atoms with Crippen molar-refractivity contribution in [1.29, 1.82) is 5.26 Å². The van der Waals surface area contributed by atoms with Gasteiger partial charge in [0.05, 0.1) is 17.2 Å². The smallest absolute Gasteiger partial charge is 0.195 e. The molecule has 2 atom stereocenters. The zero-order valence-electron chi connectivity index (χ0n) is 17.8. The molecule has 2 aromatic carbocycles. The maximum absolute atomic E-state index is 13.5. The fourth-order valence-electron chi connectivity index (χ4n) is 5.22. The molecule has 3 aromatic rings. The Morgan fingerprint density at radius 1 is 1.10 bits per heavy atom. The molecular weight excluding hydrogens is 372 g/mol. The summed E-state index contributed by atoms with van der Waals surface area (Å²) in [6, 6.07) is 14.8. The van der Waals surface area contributed by atoms with Crippen LogP contribution in [0.1, 0.15) is 60.4 Å². The van der Waals surface area contributed by atoms with Crippen LogP contribution in [-0.2, 0) is 5.41 Å². The van der Waals surface area contributed by atoms with Crippen molar-refractivity contribution in [2.45, 2.75) is 45.2 Å². The lowest BCUT2D eigenvalue weighted by Crippen LogP contribution is -2.54. The first-order valence-corrected chi connectivity index (χ1v) is 10.6. The number of aromatic nitrogens is 1. The quantitative estimate of drug-likeness (QED) is 0.647. The second-order valence-corrected chi connectivity index (χ2v) is 9.30. The molecule has 2 N–H and O–H groups in total. The molecule has 2 aliphatic rings. The van der Waals surface area contributed by atoms with Crippen LogP contribution in [0.25, 0.3) is 10.9 Å². The second-order valence-electron chi connectivity index (χ2n) is 9.30. The molecule has 2 heterocycles. The summed E-state index contributed by atoms with van der Waals surface area (Å²) >= 11 is 0. The van der Waals surface area contributed by atoms with E-state index in [1.54, 1.807) is 6.07 Å². The van der Waals surface area contributed by atoms with Gasteiger partial charge in [0.25, 0.3) is 0 Å². The van der Waals surface area contributed by atoms with Gasteiger partial charge in [-0.2, -0.15) is 5.26 Å². The Bertz CT molecular complexity index is 1220. The maximum Gasteiger partial charge on any atom is 0.195 e. The first-order chi connectivity index (χ1) is 14.3. The number of carbonyl (C=O) groups excluding carboxylic acids is 1. The molecule has 5 rings (SSSR count). The van der Waals surface area contributed by atoms with Gasteiger partial charge in [-0.1, -0.05) is 19.9 Å². The maximum atomic E-state index is 13.5. The Balaban J connectivity index is 1.65. The zero-order chi connectivity index (χ0) is 21.2. The fourth-order valence-corrected chi connectivity index (χ4v) is 5.22. The number of hydrogen-bond donors (Lipinski definition) is 2. The van der Waals surface area contributed by atoms with Crippen molar-refractivity contribution in [1.82, 2.24) is 10.3 Å². The van der Waals surface area contributed by atoms with Gasteiger partial charge in [-0.25, -0.2) is 0 Å². The van der Waals surface area contributed by atoms with Crippen LogP contribution in [0, 0.1) is 11.3 Å². The normalized spacial score (nSPS) is 22.5. The lowest BCUT2D eigenvalue weighted by molar-refractivity contribution is 0.103. The minimum atomic E-state index is -0.342. The number of aromatic amines is 1. The largest absolute Gasteiger partial charge is 0.368 e. The molecule has 0 saturated carbocycles. The zero-order valence-corrected chi connectivity index (χ0v) is 17.8. The Kier molecular flexibility index (Phi) is 4.06. The number of H-pyrrole nitrogens is 1. The predicted molar refractivity (Wildman–Crippen MR) is 119 cm³/mol. The van der Waals surface area contributed by atoms with Gasteiger partial charge in [0.15, 0.2) is 5.78 Å². The molecule has 0 amide bonds. The van der Waals surface area contributed by atoms with Crippen molar-refractivity contribution < 1.29 is 4.79 Å². The highest BCUT2D eigenvalue weighted by Crippen LogP contribution is 2.44. The molecule has 30 heavy (non-hydrogen) atoms. The van der Waals surface area contributed by atoms with Crippen molar-refractivity contribution in [2.75, 3.05) is 18.0 Å². The minimum Gasteiger partial charge on any atom is -0.368 e. The van der Waals surface area contributed by atoms with Crippen LogP contribution in [0.3, 0.4) is 0 Å². The van der Waals surface area contributed by atoms with E-state index >= 15 is 0 Å². The lowest BCUT2D eigenvalue weighted by atomic mass is 9.71. The predicted octanol–water partition coefficient (Wildman–Crippen LogP) is 4.10. The van der Waals surface area contributed by atoms with E-state index in [0.29, 0.717) is 17.6 Å². The third-order valence-corrected chi connectivity index (χ3v) is 6.62. The third kappa shape index (κ3) is 2.68. The van der Waals surface area contributed by atoms with Crippen LogP contribution >= 0.6 is 0 Å². The van der Waals surface area contributed by atoms with Crippen molar-refractivity contribution in [3.63, 3.8) is 0 Å². The lowest BCUT2D eigenvalue weighted by Gasteiger charge is -2.39. The Morgan fingerprint density at radius 3 is 2.53 bits per heavy atom. The van der Waals surface area contributed by atoms with Gasteiger partial charge >= 0.3 is 0 Å². The number of anilines is 1. The summed E-state index contributed by atoms with van der Waals surface area (Å²) in [5.41, 5.74) is 5.77. The number of rotatable bonds is 1. The van der Waals surface area contributed by atoms with Gasteiger partial charge in [-0.05, 0) is 49.7 Å². The third-order valence-electron chi connectivity index (χ3n) is 6.62. The highest BCUT2D eigenvalue weighted by molar-refractivity contribution is 6.20. The van der Waals surface area contributed by atoms with E-state index in [4.69, 9.17) is 0 Å². The fraction of sp³-hybridized carbons (Fsp3) is 0.360. The molecule has 152 valence electrons.